The third-order valence-electron chi connectivity index (χ3n) is 5.76. The van der Waals surface area contributed by atoms with E-state index in [1.807, 2.05) is 0 Å². The molecule has 0 bridgehead atoms. The molecular formula is C20H33N3O2S. The maximum absolute atomic E-state index is 12.2. The van der Waals surface area contributed by atoms with Crippen LogP contribution in [0.1, 0.15) is 43.2 Å². The van der Waals surface area contributed by atoms with Gasteiger partial charge in [-0.1, -0.05) is 30.7 Å². The van der Waals surface area contributed by atoms with Crippen molar-refractivity contribution in [3.05, 3.63) is 35.4 Å². The average molecular weight is 380 g/mol. The number of nitrogens with zero attached hydrogens (tertiary/aromatic N) is 3. The van der Waals surface area contributed by atoms with E-state index in [2.05, 4.69) is 29.2 Å². The van der Waals surface area contributed by atoms with Crippen molar-refractivity contribution in [2.24, 2.45) is 5.92 Å². The summed E-state index contributed by atoms with van der Waals surface area (Å²) in [6.45, 7) is 4.81. The van der Waals surface area contributed by atoms with Crippen LogP contribution in [-0.2, 0) is 23.2 Å². The monoisotopic (exact) mass is 379 g/mol. The molecule has 2 heterocycles. The van der Waals surface area contributed by atoms with Crippen molar-refractivity contribution in [2.75, 3.05) is 40.3 Å². The lowest BCUT2D eigenvalue weighted by atomic mass is 9.90. The molecule has 1 aromatic carbocycles. The second kappa shape index (κ2) is 8.83. The van der Waals surface area contributed by atoms with Gasteiger partial charge in [0.25, 0.3) is 10.2 Å². The fourth-order valence-electron chi connectivity index (χ4n) is 4.06. The van der Waals surface area contributed by atoms with Crippen molar-refractivity contribution in [1.29, 1.82) is 0 Å². The van der Waals surface area contributed by atoms with Gasteiger partial charge in [0.2, 0.25) is 0 Å². The van der Waals surface area contributed by atoms with Crippen molar-refractivity contribution in [2.45, 2.75) is 45.1 Å². The summed E-state index contributed by atoms with van der Waals surface area (Å²) in [7, 11) is -0.0460. The van der Waals surface area contributed by atoms with E-state index in [1.165, 1.54) is 47.8 Å². The fraction of sp³-hybridized carbons (Fsp3) is 0.700. The number of benzene rings is 1. The van der Waals surface area contributed by atoms with Crippen LogP contribution in [0.2, 0.25) is 0 Å². The lowest BCUT2D eigenvalue weighted by molar-refractivity contribution is 0.221. The predicted octanol–water partition coefficient (Wildman–Crippen LogP) is 2.73. The molecule has 2 saturated heterocycles. The maximum Gasteiger partial charge on any atom is 0.281 e. The average Bonchev–Trinajstić information content (AvgIpc) is 2.64. The standard InChI is InChI=1S/C20H33N3O2S/c1-21(2)26(24,25)23-14-10-19(11-15-23)16-18-6-8-20(9-7-18)17-22-12-4-3-5-13-22/h6-9,19H,3-5,10-17H2,1-2H3. The van der Waals surface area contributed by atoms with E-state index in [0.717, 1.165) is 25.8 Å². The summed E-state index contributed by atoms with van der Waals surface area (Å²) in [5.41, 5.74) is 2.78. The van der Waals surface area contributed by atoms with E-state index >= 15 is 0 Å². The summed E-state index contributed by atoms with van der Waals surface area (Å²) in [5.74, 6) is 0.580. The van der Waals surface area contributed by atoms with Gasteiger partial charge in [-0.25, -0.2) is 0 Å². The molecule has 0 radical (unpaired) electrons. The Morgan fingerprint density at radius 3 is 2.08 bits per heavy atom. The first-order chi connectivity index (χ1) is 12.4. The van der Waals surface area contributed by atoms with Gasteiger partial charge in [-0.2, -0.15) is 17.0 Å². The summed E-state index contributed by atoms with van der Waals surface area (Å²) in [6.07, 6.45) is 7.00. The predicted molar refractivity (Wildman–Crippen MR) is 106 cm³/mol. The number of piperidine rings is 2. The van der Waals surface area contributed by atoms with E-state index in [1.54, 1.807) is 18.4 Å². The van der Waals surface area contributed by atoms with Crippen LogP contribution in [0.4, 0.5) is 0 Å². The van der Waals surface area contributed by atoms with Crippen molar-refractivity contribution in [3.8, 4) is 0 Å². The highest BCUT2D eigenvalue weighted by atomic mass is 32.2. The quantitative estimate of drug-likeness (QED) is 0.763. The molecule has 26 heavy (non-hydrogen) atoms. The first-order valence-electron chi connectivity index (χ1n) is 9.93. The topological polar surface area (TPSA) is 43.9 Å². The number of likely N-dealkylation sites (tertiary alicyclic amines) is 1. The van der Waals surface area contributed by atoms with Gasteiger partial charge < -0.3 is 0 Å². The third kappa shape index (κ3) is 5.06. The molecule has 0 spiro atoms. The molecule has 0 saturated carbocycles. The lowest BCUT2D eigenvalue weighted by Crippen LogP contribution is -2.44. The zero-order chi connectivity index (χ0) is 18.6. The van der Waals surface area contributed by atoms with Crippen molar-refractivity contribution in [3.63, 3.8) is 0 Å². The largest absolute Gasteiger partial charge is 0.299 e. The van der Waals surface area contributed by atoms with Crippen LogP contribution in [0.15, 0.2) is 24.3 Å². The molecule has 2 aliphatic rings. The van der Waals surface area contributed by atoms with Gasteiger partial charge in [0.1, 0.15) is 0 Å². The van der Waals surface area contributed by atoms with E-state index in [9.17, 15) is 8.42 Å². The minimum absolute atomic E-state index is 0.580. The van der Waals surface area contributed by atoms with Crippen molar-refractivity contribution < 1.29 is 8.42 Å². The van der Waals surface area contributed by atoms with Crippen molar-refractivity contribution in [1.82, 2.24) is 13.5 Å². The SMILES string of the molecule is CN(C)S(=O)(=O)N1CCC(Cc2ccc(CN3CCCCC3)cc2)CC1. The molecule has 6 heteroatoms. The third-order valence-corrected chi connectivity index (χ3v) is 7.70. The molecule has 1 aromatic rings. The van der Waals surface area contributed by atoms with E-state index in [-0.39, 0.29) is 0 Å². The first-order valence-corrected chi connectivity index (χ1v) is 11.3. The number of hydrogen-bond donors (Lipinski definition) is 0. The van der Waals surface area contributed by atoms with Crippen LogP contribution < -0.4 is 0 Å². The molecule has 5 nitrogen and oxygen atoms in total. The van der Waals surface area contributed by atoms with Crippen LogP contribution in [0, 0.1) is 5.92 Å². The molecule has 0 unspecified atom stereocenters. The molecule has 2 aliphatic heterocycles. The highest BCUT2D eigenvalue weighted by molar-refractivity contribution is 7.86. The molecule has 0 atom stereocenters. The lowest BCUT2D eigenvalue weighted by Gasteiger charge is -2.32. The summed E-state index contributed by atoms with van der Waals surface area (Å²) in [5, 5.41) is 0. The van der Waals surface area contributed by atoms with Crippen LogP contribution in [-0.4, -0.2) is 62.2 Å². The van der Waals surface area contributed by atoms with Gasteiger partial charge in [-0.05, 0) is 62.2 Å². The molecule has 3 rings (SSSR count). The van der Waals surface area contributed by atoms with Crippen LogP contribution >= 0.6 is 0 Å². The van der Waals surface area contributed by atoms with Crippen LogP contribution in [0.3, 0.4) is 0 Å². The molecule has 0 N–H and O–H groups in total. The molecule has 146 valence electrons. The summed E-state index contributed by atoms with van der Waals surface area (Å²) in [6, 6.07) is 9.08. The summed E-state index contributed by atoms with van der Waals surface area (Å²) in [4.78, 5) is 2.55. The molecule has 0 aromatic heterocycles. The molecule has 0 amide bonds. The zero-order valence-corrected chi connectivity index (χ0v) is 17.0. The van der Waals surface area contributed by atoms with Crippen LogP contribution in [0.5, 0.6) is 0 Å². The van der Waals surface area contributed by atoms with Gasteiger partial charge in [0.15, 0.2) is 0 Å². The highest BCUT2D eigenvalue weighted by Crippen LogP contribution is 2.24. The fourth-order valence-corrected chi connectivity index (χ4v) is 5.20. The minimum Gasteiger partial charge on any atom is -0.299 e. The Balaban J connectivity index is 1.48. The van der Waals surface area contributed by atoms with Crippen LogP contribution in [0.25, 0.3) is 0 Å². The Morgan fingerprint density at radius 1 is 0.923 bits per heavy atom. The smallest absolute Gasteiger partial charge is 0.281 e. The summed E-state index contributed by atoms with van der Waals surface area (Å²) >= 11 is 0. The van der Waals surface area contributed by atoms with E-state index in [4.69, 9.17) is 0 Å². The second-order valence-electron chi connectivity index (χ2n) is 7.99. The van der Waals surface area contributed by atoms with Crippen molar-refractivity contribution >= 4 is 10.2 Å². The molecular weight excluding hydrogens is 346 g/mol. The number of hydrogen-bond acceptors (Lipinski definition) is 3. The van der Waals surface area contributed by atoms with Gasteiger partial charge in [0.05, 0.1) is 0 Å². The number of rotatable bonds is 6. The Morgan fingerprint density at radius 2 is 1.50 bits per heavy atom. The Bertz CT molecular complexity index is 659. The van der Waals surface area contributed by atoms with Gasteiger partial charge in [-0.3, -0.25) is 4.90 Å². The molecule has 2 fully saturated rings. The zero-order valence-electron chi connectivity index (χ0n) is 16.2. The maximum atomic E-state index is 12.2. The Hall–Kier alpha value is -0.950. The Labute approximate surface area is 159 Å². The van der Waals surface area contributed by atoms with Gasteiger partial charge in [-0.15, -0.1) is 0 Å². The normalized spacial score (nSPS) is 21.3. The van der Waals surface area contributed by atoms with E-state index in [0.29, 0.717) is 19.0 Å². The second-order valence-corrected chi connectivity index (χ2v) is 10.1. The van der Waals surface area contributed by atoms with Gasteiger partial charge >= 0.3 is 0 Å². The van der Waals surface area contributed by atoms with Gasteiger partial charge in [0, 0.05) is 33.7 Å². The highest BCUT2D eigenvalue weighted by Gasteiger charge is 2.29. The Kier molecular flexibility index (Phi) is 6.72. The first kappa shape index (κ1) is 19.8. The summed E-state index contributed by atoms with van der Waals surface area (Å²) < 4.78 is 27.3. The molecule has 0 aliphatic carbocycles. The minimum atomic E-state index is -3.25. The van der Waals surface area contributed by atoms with E-state index < -0.39 is 10.2 Å².